The van der Waals surface area contributed by atoms with Crippen LogP contribution < -0.4 is 11.1 Å². The van der Waals surface area contributed by atoms with Crippen LogP contribution in [0.15, 0.2) is 0 Å². The summed E-state index contributed by atoms with van der Waals surface area (Å²) in [5, 5.41) is 12.7. The fourth-order valence-electron chi connectivity index (χ4n) is 2.29. The molecule has 100 valence electrons. The van der Waals surface area contributed by atoms with Gasteiger partial charge in [0.05, 0.1) is 5.60 Å². The summed E-state index contributed by atoms with van der Waals surface area (Å²) in [4.78, 5) is 11.7. The standard InChI is InChI=1S/C12H24N2O2S/c1-11(16,9-17-2)8-14-10(15)7-12(13)5-3-4-6-12/h16H,3-9,13H2,1-2H3,(H,14,15). The molecule has 0 saturated heterocycles. The Hall–Kier alpha value is -0.260. The Labute approximate surface area is 108 Å². The molecule has 0 radical (unpaired) electrons. The van der Waals surface area contributed by atoms with Crippen LogP contribution >= 0.6 is 11.8 Å². The van der Waals surface area contributed by atoms with Crippen molar-refractivity contribution in [3.63, 3.8) is 0 Å². The average Bonchev–Trinajstić information content (AvgIpc) is 2.62. The van der Waals surface area contributed by atoms with Crippen LogP contribution in [0.1, 0.15) is 39.0 Å². The Morgan fingerprint density at radius 2 is 2.12 bits per heavy atom. The lowest BCUT2D eigenvalue weighted by molar-refractivity contribution is -0.123. The minimum Gasteiger partial charge on any atom is -0.387 e. The molecule has 1 saturated carbocycles. The van der Waals surface area contributed by atoms with E-state index in [1.165, 1.54) is 0 Å². The molecular weight excluding hydrogens is 236 g/mol. The van der Waals surface area contributed by atoms with E-state index in [1.807, 2.05) is 6.26 Å². The molecule has 0 aromatic heterocycles. The normalized spacial score (nSPS) is 22.1. The van der Waals surface area contributed by atoms with Gasteiger partial charge in [-0.25, -0.2) is 0 Å². The number of hydrogen-bond acceptors (Lipinski definition) is 4. The first-order chi connectivity index (χ1) is 7.87. The first-order valence-corrected chi connectivity index (χ1v) is 7.53. The Kier molecular flexibility index (Phi) is 5.28. The van der Waals surface area contributed by atoms with Gasteiger partial charge in [0.2, 0.25) is 5.91 Å². The fourth-order valence-corrected chi connectivity index (χ4v) is 3.01. The summed E-state index contributed by atoms with van der Waals surface area (Å²) in [6.45, 7) is 2.03. The second-order valence-electron chi connectivity index (χ2n) is 5.45. The number of thioether (sulfide) groups is 1. The van der Waals surface area contributed by atoms with E-state index in [4.69, 9.17) is 5.73 Å². The zero-order valence-corrected chi connectivity index (χ0v) is 11.6. The van der Waals surface area contributed by atoms with E-state index in [-0.39, 0.29) is 11.4 Å². The van der Waals surface area contributed by atoms with Crippen LogP contribution in [0.25, 0.3) is 0 Å². The van der Waals surface area contributed by atoms with Gasteiger partial charge >= 0.3 is 0 Å². The summed E-state index contributed by atoms with van der Waals surface area (Å²) >= 11 is 1.57. The Morgan fingerprint density at radius 3 is 2.65 bits per heavy atom. The number of carbonyl (C=O) groups excluding carboxylic acids is 1. The van der Waals surface area contributed by atoms with Crippen molar-refractivity contribution in [2.75, 3.05) is 18.6 Å². The van der Waals surface area contributed by atoms with Gasteiger partial charge in [0, 0.05) is 24.3 Å². The molecule has 0 aliphatic heterocycles. The maximum atomic E-state index is 11.7. The molecule has 1 rings (SSSR count). The van der Waals surface area contributed by atoms with Gasteiger partial charge in [-0.05, 0) is 26.0 Å². The van der Waals surface area contributed by atoms with Gasteiger partial charge in [-0.2, -0.15) is 11.8 Å². The second-order valence-corrected chi connectivity index (χ2v) is 6.32. The monoisotopic (exact) mass is 260 g/mol. The predicted octanol–water partition coefficient (Wildman–Crippen LogP) is 0.878. The SMILES string of the molecule is CSCC(C)(O)CNC(=O)CC1(N)CCCC1. The van der Waals surface area contributed by atoms with Crippen LogP contribution in [-0.4, -0.2) is 40.7 Å². The van der Waals surface area contributed by atoms with E-state index in [1.54, 1.807) is 18.7 Å². The van der Waals surface area contributed by atoms with Gasteiger partial charge in [-0.3, -0.25) is 4.79 Å². The molecule has 0 heterocycles. The Bertz CT molecular complexity index is 263. The molecule has 1 aliphatic rings. The number of hydrogen-bond donors (Lipinski definition) is 3. The molecule has 0 aromatic carbocycles. The zero-order valence-electron chi connectivity index (χ0n) is 10.8. The highest BCUT2D eigenvalue weighted by Crippen LogP contribution is 2.29. The first kappa shape index (κ1) is 14.8. The summed E-state index contributed by atoms with van der Waals surface area (Å²) in [7, 11) is 0. The number of amides is 1. The lowest BCUT2D eigenvalue weighted by Gasteiger charge is -2.26. The maximum Gasteiger partial charge on any atom is 0.221 e. The lowest BCUT2D eigenvalue weighted by atomic mass is 9.94. The van der Waals surface area contributed by atoms with Gasteiger partial charge in [0.15, 0.2) is 0 Å². The Balaban J connectivity index is 2.30. The van der Waals surface area contributed by atoms with E-state index in [2.05, 4.69) is 5.32 Å². The minimum absolute atomic E-state index is 0.0456. The van der Waals surface area contributed by atoms with Gasteiger partial charge in [0.1, 0.15) is 0 Å². The number of carbonyl (C=O) groups is 1. The summed E-state index contributed by atoms with van der Waals surface area (Å²) in [5.41, 5.74) is 4.98. The van der Waals surface area contributed by atoms with Crippen LogP contribution in [0.4, 0.5) is 0 Å². The van der Waals surface area contributed by atoms with E-state index in [0.29, 0.717) is 18.7 Å². The molecule has 1 amide bonds. The molecule has 0 bridgehead atoms. The van der Waals surface area contributed by atoms with Crippen molar-refractivity contribution < 1.29 is 9.90 Å². The molecule has 0 spiro atoms. The van der Waals surface area contributed by atoms with Crippen LogP contribution in [0.3, 0.4) is 0 Å². The highest BCUT2D eigenvalue weighted by atomic mass is 32.2. The quantitative estimate of drug-likeness (QED) is 0.662. The molecule has 1 fully saturated rings. The van der Waals surface area contributed by atoms with Gasteiger partial charge in [-0.1, -0.05) is 12.8 Å². The summed E-state index contributed by atoms with van der Waals surface area (Å²) in [6, 6.07) is 0. The summed E-state index contributed by atoms with van der Waals surface area (Å²) in [6.07, 6.45) is 6.41. The molecule has 1 atom stereocenters. The van der Waals surface area contributed by atoms with Crippen molar-refractivity contribution in [2.45, 2.75) is 50.2 Å². The van der Waals surface area contributed by atoms with Crippen molar-refractivity contribution in [3.8, 4) is 0 Å². The number of nitrogens with one attached hydrogen (secondary N) is 1. The van der Waals surface area contributed by atoms with Crippen molar-refractivity contribution in [1.82, 2.24) is 5.32 Å². The Morgan fingerprint density at radius 1 is 1.53 bits per heavy atom. The van der Waals surface area contributed by atoms with Crippen LogP contribution in [0, 0.1) is 0 Å². The molecule has 17 heavy (non-hydrogen) atoms. The van der Waals surface area contributed by atoms with Crippen LogP contribution in [0.5, 0.6) is 0 Å². The number of aliphatic hydroxyl groups is 1. The number of nitrogens with two attached hydrogens (primary N) is 1. The summed E-state index contributed by atoms with van der Waals surface area (Å²) < 4.78 is 0. The third-order valence-electron chi connectivity index (χ3n) is 3.23. The molecule has 1 aliphatic carbocycles. The zero-order chi connectivity index (χ0) is 12.9. The van der Waals surface area contributed by atoms with Crippen molar-refractivity contribution in [1.29, 1.82) is 0 Å². The topological polar surface area (TPSA) is 75.3 Å². The van der Waals surface area contributed by atoms with E-state index >= 15 is 0 Å². The van der Waals surface area contributed by atoms with Crippen LogP contribution in [0.2, 0.25) is 0 Å². The van der Waals surface area contributed by atoms with Crippen molar-refractivity contribution in [3.05, 3.63) is 0 Å². The highest BCUT2D eigenvalue weighted by molar-refractivity contribution is 7.98. The highest BCUT2D eigenvalue weighted by Gasteiger charge is 2.32. The van der Waals surface area contributed by atoms with Gasteiger partial charge in [0.25, 0.3) is 0 Å². The second kappa shape index (κ2) is 6.07. The van der Waals surface area contributed by atoms with Crippen molar-refractivity contribution in [2.24, 2.45) is 5.73 Å². The first-order valence-electron chi connectivity index (χ1n) is 6.14. The summed E-state index contributed by atoms with van der Waals surface area (Å²) in [5.74, 6) is 0.567. The van der Waals surface area contributed by atoms with Crippen LogP contribution in [-0.2, 0) is 4.79 Å². The van der Waals surface area contributed by atoms with Gasteiger partial charge < -0.3 is 16.2 Å². The molecule has 4 nitrogen and oxygen atoms in total. The average molecular weight is 260 g/mol. The number of rotatable bonds is 6. The minimum atomic E-state index is -0.841. The van der Waals surface area contributed by atoms with E-state index in [0.717, 1.165) is 25.7 Å². The van der Waals surface area contributed by atoms with E-state index in [9.17, 15) is 9.90 Å². The third-order valence-corrected chi connectivity index (χ3v) is 4.14. The molecular formula is C12H24N2O2S. The van der Waals surface area contributed by atoms with E-state index < -0.39 is 5.60 Å². The molecule has 1 unspecified atom stereocenters. The fraction of sp³-hybridized carbons (Fsp3) is 0.917. The largest absolute Gasteiger partial charge is 0.387 e. The van der Waals surface area contributed by atoms with Gasteiger partial charge in [-0.15, -0.1) is 0 Å². The molecule has 5 heteroatoms. The smallest absolute Gasteiger partial charge is 0.221 e. The molecule has 0 aromatic rings. The molecule has 4 N–H and O–H groups in total. The predicted molar refractivity (Wildman–Crippen MR) is 72.0 cm³/mol. The maximum absolute atomic E-state index is 11.7. The lowest BCUT2D eigenvalue weighted by Crippen LogP contribution is -2.46. The third kappa shape index (κ3) is 5.27. The van der Waals surface area contributed by atoms with Crippen molar-refractivity contribution >= 4 is 17.7 Å².